The molecular formula is C15H13BrClN3O2. The van der Waals surface area contributed by atoms with E-state index in [9.17, 15) is 9.59 Å². The summed E-state index contributed by atoms with van der Waals surface area (Å²) in [5.74, 6) is -0.765. The maximum absolute atomic E-state index is 12.4. The first-order chi connectivity index (χ1) is 10.4. The molecule has 0 saturated heterocycles. The average Bonchev–Trinajstić information content (AvgIpc) is 2.49. The van der Waals surface area contributed by atoms with Gasteiger partial charge in [0.25, 0.3) is 5.91 Å². The molecule has 0 spiro atoms. The summed E-state index contributed by atoms with van der Waals surface area (Å²) in [6, 6.07) is 8.45. The van der Waals surface area contributed by atoms with E-state index < -0.39 is 5.91 Å². The number of nitrogens with two attached hydrogens (primary N) is 1. The number of carbonyl (C=O) groups is 2. The van der Waals surface area contributed by atoms with Crippen LogP contribution >= 0.6 is 27.5 Å². The van der Waals surface area contributed by atoms with Crippen LogP contribution in [0.25, 0.3) is 0 Å². The van der Waals surface area contributed by atoms with Gasteiger partial charge in [-0.25, -0.2) is 4.98 Å². The highest BCUT2D eigenvalue weighted by Crippen LogP contribution is 2.20. The lowest BCUT2D eigenvalue weighted by atomic mass is 10.1. The van der Waals surface area contributed by atoms with Crippen LogP contribution in [0.15, 0.2) is 41.0 Å². The van der Waals surface area contributed by atoms with Crippen LogP contribution in [-0.4, -0.2) is 28.7 Å². The number of aromatic nitrogens is 1. The van der Waals surface area contributed by atoms with Gasteiger partial charge in [0.05, 0.1) is 5.56 Å². The fraction of sp³-hybridized carbons (Fsp3) is 0.133. The molecule has 2 amide bonds. The molecule has 7 heteroatoms. The van der Waals surface area contributed by atoms with Crippen LogP contribution < -0.4 is 5.73 Å². The topological polar surface area (TPSA) is 76.3 Å². The number of benzene rings is 1. The molecule has 0 aliphatic rings. The van der Waals surface area contributed by atoms with Crippen LogP contribution in [0.4, 0.5) is 0 Å². The Hall–Kier alpha value is -1.92. The number of pyridine rings is 1. The molecule has 1 aromatic heterocycles. The molecule has 0 fully saturated rings. The Balaban J connectivity index is 2.19. The molecule has 0 radical (unpaired) electrons. The fourth-order valence-corrected chi connectivity index (χ4v) is 2.46. The number of halogens is 2. The second-order valence-electron chi connectivity index (χ2n) is 4.72. The first kappa shape index (κ1) is 16.5. The van der Waals surface area contributed by atoms with E-state index in [0.29, 0.717) is 22.1 Å². The number of amides is 2. The summed E-state index contributed by atoms with van der Waals surface area (Å²) in [6.45, 7) is 0.322. The van der Waals surface area contributed by atoms with E-state index >= 15 is 0 Å². The highest BCUT2D eigenvalue weighted by molar-refractivity contribution is 9.10. The third-order valence-corrected chi connectivity index (χ3v) is 3.75. The molecule has 0 unspecified atom stereocenters. The van der Waals surface area contributed by atoms with Gasteiger partial charge in [0.2, 0.25) is 5.91 Å². The van der Waals surface area contributed by atoms with Gasteiger partial charge in [-0.15, -0.1) is 0 Å². The van der Waals surface area contributed by atoms with Gasteiger partial charge >= 0.3 is 0 Å². The molecule has 114 valence electrons. The lowest BCUT2D eigenvalue weighted by molar-refractivity contribution is 0.0784. The third-order valence-electron chi connectivity index (χ3n) is 3.01. The zero-order valence-corrected chi connectivity index (χ0v) is 14.1. The lowest BCUT2D eigenvalue weighted by Gasteiger charge is -2.18. The zero-order chi connectivity index (χ0) is 16.3. The zero-order valence-electron chi connectivity index (χ0n) is 11.7. The number of nitrogens with zero attached hydrogens (tertiary/aromatic N) is 2. The Kier molecular flexibility index (Phi) is 5.15. The van der Waals surface area contributed by atoms with E-state index in [1.54, 1.807) is 31.3 Å². The van der Waals surface area contributed by atoms with Crippen LogP contribution in [0, 0.1) is 0 Å². The monoisotopic (exact) mass is 381 g/mol. The Bertz CT molecular complexity index is 736. The van der Waals surface area contributed by atoms with Gasteiger partial charge in [-0.2, -0.15) is 0 Å². The van der Waals surface area contributed by atoms with Crippen molar-refractivity contribution in [2.24, 2.45) is 5.73 Å². The molecule has 2 rings (SSSR count). The molecule has 0 saturated carbocycles. The standard InChI is InChI=1S/C15H13BrClN3O2/c1-20(8-9-3-2-4-10(5-9)14(18)21)15(22)12-6-11(16)7-19-13(12)17/h2-7H,8H2,1H3,(H2,18,21). The predicted octanol–water partition coefficient (Wildman–Crippen LogP) is 2.87. The van der Waals surface area contributed by atoms with Crippen molar-refractivity contribution in [3.8, 4) is 0 Å². The highest BCUT2D eigenvalue weighted by Gasteiger charge is 2.17. The number of rotatable bonds is 4. The number of hydrogen-bond donors (Lipinski definition) is 1. The van der Waals surface area contributed by atoms with Crippen molar-refractivity contribution in [1.82, 2.24) is 9.88 Å². The first-order valence-electron chi connectivity index (χ1n) is 6.33. The van der Waals surface area contributed by atoms with Gasteiger partial charge in [-0.1, -0.05) is 23.7 Å². The molecule has 0 bridgehead atoms. The summed E-state index contributed by atoms with van der Waals surface area (Å²) in [7, 11) is 1.65. The molecule has 22 heavy (non-hydrogen) atoms. The summed E-state index contributed by atoms with van der Waals surface area (Å²) in [4.78, 5) is 29.0. The fourth-order valence-electron chi connectivity index (χ4n) is 1.95. The summed E-state index contributed by atoms with van der Waals surface area (Å²) < 4.78 is 0.671. The second kappa shape index (κ2) is 6.89. The first-order valence-corrected chi connectivity index (χ1v) is 7.51. The summed E-state index contributed by atoms with van der Waals surface area (Å²) in [6.07, 6.45) is 1.52. The van der Waals surface area contributed by atoms with Crippen LogP contribution in [0.1, 0.15) is 26.3 Å². The molecule has 2 aromatic rings. The lowest BCUT2D eigenvalue weighted by Crippen LogP contribution is -2.27. The SMILES string of the molecule is CN(Cc1cccc(C(N)=O)c1)C(=O)c1cc(Br)cnc1Cl. The average molecular weight is 383 g/mol. The van der Waals surface area contributed by atoms with Gasteiger partial charge in [0, 0.05) is 29.8 Å². The smallest absolute Gasteiger partial charge is 0.257 e. The van der Waals surface area contributed by atoms with Crippen LogP contribution in [0.5, 0.6) is 0 Å². The predicted molar refractivity (Wildman–Crippen MR) is 87.7 cm³/mol. The van der Waals surface area contributed by atoms with E-state index in [2.05, 4.69) is 20.9 Å². The summed E-state index contributed by atoms with van der Waals surface area (Å²) in [5.41, 5.74) is 6.76. The Morgan fingerprint density at radius 1 is 1.36 bits per heavy atom. The van der Waals surface area contributed by atoms with Gasteiger partial charge in [-0.05, 0) is 39.7 Å². The quantitative estimate of drug-likeness (QED) is 0.826. The minimum atomic E-state index is -0.505. The van der Waals surface area contributed by atoms with Gasteiger partial charge in [0.15, 0.2) is 0 Å². The Labute approximate surface area is 141 Å². The maximum Gasteiger partial charge on any atom is 0.257 e. The second-order valence-corrected chi connectivity index (χ2v) is 5.99. The van der Waals surface area contributed by atoms with Gasteiger partial charge < -0.3 is 10.6 Å². The van der Waals surface area contributed by atoms with Crippen LogP contribution in [0.3, 0.4) is 0 Å². The molecule has 1 aromatic carbocycles. The molecule has 1 heterocycles. The minimum absolute atomic E-state index is 0.144. The largest absolute Gasteiger partial charge is 0.366 e. The molecular weight excluding hydrogens is 370 g/mol. The van der Waals surface area contributed by atoms with E-state index in [-0.39, 0.29) is 11.1 Å². The molecule has 0 aliphatic carbocycles. The van der Waals surface area contributed by atoms with Crippen LogP contribution in [-0.2, 0) is 6.54 Å². The normalized spacial score (nSPS) is 10.3. The van der Waals surface area contributed by atoms with Crippen molar-refractivity contribution in [3.63, 3.8) is 0 Å². The van der Waals surface area contributed by atoms with E-state index in [1.165, 1.54) is 11.1 Å². The van der Waals surface area contributed by atoms with Crippen molar-refractivity contribution in [1.29, 1.82) is 0 Å². The number of primary amides is 1. The maximum atomic E-state index is 12.4. The van der Waals surface area contributed by atoms with Crippen molar-refractivity contribution in [2.45, 2.75) is 6.54 Å². The summed E-state index contributed by atoms with van der Waals surface area (Å²) in [5, 5.41) is 0.144. The van der Waals surface area contributed by atoms with Crippen molar-refractivity contribution in [3.05, 3.63) is 62.8 Å². The van der Waals surface area contributed by atoms with E-state index in [0.717, 1.165) is 5.56 Å². The Morgan fingerprint density at radius 2 is 2.09 bits per heavy atom. The van der Waals surface area contributed by atoms with Gasteiger partial charge in [0.1, 0.15) is 5.15 Å². The highest BCUT2D eigenvalue weighted by atomic mass is 79.9. The van der Waals surface area contributed by atoms with Crippen molar-refractivity contribution >= 4 is 39.3 Å². The summed E-state index contributed by atoms with van der Waals surface area (Å²) >= 11 is 9.23. The molecule has 0 atom stereocenters. The minimum Gasteiger partial charge on any atom is -0.366 e. The number of hydrogen-bond acceptors (Lipinski definition) is 3. The van der Waals surface area contributed by atoms with Gasteiger partial charge in [-0.3, -0.25) is 9.59 Å². The third kappa shape index (κ3) is 3.84. The Morgan fingerprint density at radius 3 is 2.77 bits per heavy atom. The van der Waals surface area contributed by atoms with Crippen LogP contribution in [0.2, 0.25) is 5.15 Å². The van der Waals surface area contributed by atoms with Crippen molar-refractivity contribution in [2.75, 3.05) is 7.05 Å². The number of carbonyl (C=O) groups excluding carboxylic acids is 2. The molecule has 5 nitrogen and oxygen atoms in total. The van der Waals surface area contributed by atoms with Crippen molar-refractivity contribution < 1.29 is 9.59 Å². The van der Waals surface area contributed by atoms with E-state index in [1.807, 2.05) is 6.07 Å². The molecule has 0 aliphatic heterocycles. The van der Waals surface area contributed by atoms with E-state index in [4.69, 9.17) is 17.3 Å². The molecule has 2 N–H and O–H groups in total.